The highest BCUT2D eigenvalue weighted by molar-refractivity contribution is 7.99. The van der Waals surface area contributed by atoms with Gasteiger partial charge in [-0.1, -0.05) is 44.9 Å². The summed E-state index contributed by atoms with van der Waals surface area (Å²) in [4.78, 5) is 20.8. The Kier molecular flexibility index (Phi) is 7.02. The standard InChI is InChI=1S/C17H27N5OS/c1-5-7-8-14(6-2)10-18-15(23)11-24-17-20-16-19-12(3)9-13(4)22(16)21-17/h9,14H,5-8,10-11H2,1-4H3,(H,18,23)/t14-/m1/s1. The number of hydrogen-bond acceptors (Lipinski definition) is 5. The van der Waals surface area contributed by atoms with Gasteiger partial charge in [-0.2, -0.15) is 4.98 Å². The zero-order chi connectivity index (χ0) is 17.5. The van der Waals surface area contributed by atoms with Gasteiger partial charge in [-0.15, -0.1) is 5.10 Å². The van der Waals surface area contributed by atoms with E-state index in [4.69, 9.17) is 0 Å². The van der Waals surface area contributed by atoms with Gasteiger partial charge in [0.1, 0.15) is 0 Å². The van der Waals surface area contributed by atoms with Gasteiger partial charge < -0.3 is 5.32 Å². The number of nitrogens with one attached hydrogen (secondary N) is 1. The second-order valence-corrected chi connectivity index (χ2v) is 7.10. The van der Waals surface area contributed by atoms with Crippen molar-refractivity contribution in [3.05, 3.63) is 17.5 Å². The largest absolute Gasteiger partial charge is 0.355 e. The number of aromatic nitrogens is 4. The molecule has 2 rings (SSSR count). The highest BCUT2D eigenvalue weighted by atomic mass is 32.2. The summed E-state index contributed by atoms with van der Waals surface area (Å²) in [5.74, 6) is 1.52. The molecule has 1 amide bonds. The lowest BCUT2D eigenvalue weighted by molar-refractivity contribution is -0.118. The Morgan fingerprint density at radius 2 is 2.12 bits per heavy atom. The number of fused-ring (bicyclic) bond motifs is 1. The summed E-state index contributed by atoms with van der Waals surface area (Å²) in [6.07, 6.45) is 4.71. The molecule has 2 heterocycles. The van der Waals surface area contributed by atoms with Crippen LogP contribution in [0.2, 0.25) is 0 Å². The smallest absolute Gasteiger partial charge is 0.253 e. The molecule has 1 atom stereocenters. The summed E-state index contributed by atoms with van der Waals surface area (Å²) in [7, 11) is 0. The van der Waals surface area contributed by atoms with E-state index in [0.717, 1.165) is 24.4 Å². The Labute approximate surface area is 147 Å². The number of hydrogen-bond donors (Lipinski definition) is 1. The molecule has 0 aliphatic rings. The third-order valence-electron chi connectivity index (χ3n) is 4.06. The molecule has 0 saturated carbocycles. The van der Waals surface area contributed by atoms with E-state index in [1.807, 2.05) is 19.9 Å². The molecule has 24 heavy (non-hydrogen) atoms. The summed E-state index contributed by atoms with van der Waals surface area (Å²) in [5, 5.41) is 8.02. The molecule has 132 valence electrons. The number of amides is 1. The van der Waals surface area contributed by atoms with Crippen LogP contribution in [-0.2, 0) is 4.79 Å². The van der Waals surface area contributed by atoms with Gasteiger partial charge in [0, 0.05) is 17.9 Å². The second kappa shape index (κ2) is 9.01. The van der Waals surface area contributed by atoms with E-state index in [-0.39, 0.29) is 5.91 Å². The second-order valence-electron chi connectivity index (χ2n) is 6.15. The van der Waals surface area contributed by atoms with Crippen LogP contribution in [0.25, 0.3) is 5.78 Å². The molecule has 0 radical (unpaired) electrons. The van der Waals surface area contributed by atoms with Crippen molar-refractivity contribution in [2.45, 2.75) is 58.5 Å². The summed E-state index contributed by atoms with van der Waals surface area (Å²) < 4.78 is 1.71. The number of carbonyl (C=O) groups excluding carboxylic acids is 1. The summed E-state index contributed by atoms with van der Waals surface area (Å²) in [6.45, 7) is 9.04. The van der Waals surface area contributed by atoms with Crippen molar-refractivity contribution in [1.82, 2.24) is 24.9 Å². The van der Waals surface area contributed by atoms with E-state index in [1.54, 1.807) is 4.52 Å². The van der Waals surface area contributed by atoms with Gasteiger partial charge >= 0.3 is 0 Å². The lowest BCUT2D eigenvalue weighted by Gasteiger charge is -2.14. The Morgan fingerprint density at radius 3 is 2.83 bits per heavy atom. The van der Waals surface area contributed by atoms with Crippen LogP contribution in [0.4, 0.5) is 0 Å². The quantitative estimate of drug-likeness (QED) is 0.704. The Bertz CT molecular complexity index is 685. The van der Waals surface area contributed by atoms with Crippen LogP contribution in [0, 0.1) is 19.8 Å². The summed E-state index contributed by atoms with van der Waals surface area (Å²) in [5.41, 5.74) is 1.90. The summed E-state index contributed by atoms with van der Waals surface area (Å²) in [6, 6.07) is 1.96. The highest BCUT2D eigenvalue weighted by Gasteiger charge is 2.12. The average molecular weight is 350 g/mol. The van der Waals surface area contributed by atoms with Crippen molar-refractivity contribution >= 4 is 23.4 Å². The number of rotatable bonds is 9. The maximum atomic E-state index is 12.0. The van der Waals surface area contributed by atoms with E-state index < -0.39 is 0 Å². The van der Waals surface area contributed by atoms with Crippen molar-refractivity contribution in [3.63, 3.8) is 0 Å². The predicted octanol–water partition coefficient (Wildman–Crippen LogP) is 3.17. The number of thioether (sulfide) groups is 1. The lowest BCUT2D eigenvalue weighted by Crippen LogP contribution is -2.30. The van der Waals surface area contributed by atoms with Gasteiger partial charge in [-0.25, -0.2) is 9.50 Å². The molecule has 7 heteroatoms. The number of unbranched alkanes of at least 4 members (excludes halogenated alkanes) is 1. The Balaban J connectivity index is 1.84. The first-order valence-electron chi connectivity index (χ1n) is 8.64. The fourth-order valence-corrected chi connectivity index (χ4v) is 3.24. The molecule has 0 aliphatic heterocycles. The monoisotopic (exact) mass is 349 g/mol. The van der Waals surface area contributed by atoms with Crippen LogP contribution in [0.1, 0.15) is 50.9 Å². The van der Waals surface area contributed by atoms with Crippen molar-refractivity contribution in [3.8, 4) is 0 Å². The molecule has 1 N–H and O–H groups in total. The molecule has 0 fully saturated rings. The number of nitrogens with zero attached hydrogens (tertiary/aromatic N) is 4. The van der Waals surface area contributed by atoms with E-state index >= 15 is 0 Å². The highest BCUT2D eigenvalue weighted by Crippen LogP contribution is 2.15. The fraction of sp³-hybridized carbons (Fsp3) is 0.647. The Morgan fingerprint density at radius 1 is 1.33 bits per heavy atom. The van der Waals surface area contributed by atoms with Crippen molar-refractivity contribution in [1.29, 1.82) is 0 Å². The van der Waals surface area contributed by atoms with Crippen LogP contribution in [0.5, 0.6) is 0 Å². The molecule has 0 bridgehead atoms. The van der Waals surface area contributed by atoms with E-state index in [1.165, 1.54) is 31.0 Å². The van der Waals surface area contributed by atoms with Crippen molar-refractivity contribution in [2.24, 2.45) is 5.92 Å². The third-order valence-corrected chi connectivity index (χ3v) is 4.90. The molecule has 0 aromatic carbocycles. The first-order chi connectivity index (χ1) is 11.5. The molecule has 0 saturated heterocycles. The summed E-state index contributed by atoms with van der Waals surface area (Å²) >= 11 is 1.35. The molecule has 2 aromatic heterocycles. The molecule has 0 unspecified atom stereocenters. The predicted molar refractivity (Wildman–Crippen MR) is 97.3 cm³/mol. The van der Waals surface area contributed by atoms with Crippen molar-refractivity contribution in [2.75, 3.05) is 12.3 Å². The topological polar surface area (TPSA) is 72.2 Å². The lowest BCUT2D eigenvalue weighted by atomic mass is 9.99. The van der Waals surface area contributed by atoms with Crippen molar-refractivity contribution < 1.29 is 4.79 Å². The molecular weight excluding hydrogens is 322 g/mol. The maximum Gasteiger partial charge on any atom is 0.253 e. The maximum absolute atomic E-state index is 12.0. The zero-order valence-electron chi connectivity index (χ0n) is 15.0. The zero-order valence-corrected chi connectivity index (χ0v) is 15.8. The first-order valence-corrected chi connectivity index (χ1v) is 9.62. The average Bonchev–Trinajstić information content (AvgIpc) is 2.96. The Hall–Kier alpha value is -1.63. The minimum absolute atomic E-state index is 0.0367. The molecule has 0 aliphatic carbocycles. The SMILES string of the molecule is CCCC[C@@H](CC)CNC(=O)CSc1nc2nc(C)cc(C)n2n1. The third kappa shape index (κ3) is 5.19. The van der Waals surface area contributed by atoms with E-state index in [9.17, 15) is 4.79 Å². The molecule has 0 spiro atoms. The normalized spacial score (nSPS) is 12.5. The van der Waals surface area contributed by atoms with Gasteiger partial charge in [0.05, 0.1) is 5.75 Å². The minimum Gasteiger partial charge on any atom is -0.355 e. The fourth-order valence-electron chi connectivity index (χ4n) is 2.59. The van der Waals surface area contributed by atoms with Crippen LogP contribution >= 0.6 is 11.8 Å². The number of aryl methyl sites for hydroxylation is 2. The van der Waals surface area contributed by atoms with Crippen LogP contribution in [-0.4, -0.2) is 37.8 Å². The first kappa shape index (κ1) is 18.7. The van der Waals surface area contributed by atoms with Gasteiger partial charge in [0.25, 0.3) is 5.78 Å². The van der Waals surface area contributed by atoms with Gasteiger partial charge in [0.2, 0.25) is 11.1 Å². The molecular formula is C17H27N5OS. The van der Waals surface area contributed by atoms with Gasteiger partial charge in [-0.3, -0.25) is 4.79 Å². The van der Waals surface area contributed by atoms with E-state index in [0.29, 0.717) is 22.6 Å². The van der Waals surface area contributed by atoms with Crippen LogP contribution < -0.4 is 5.32 Å². The van der Waals surface area contributed by atoms with Crippen LogP contribution in [0.3, 0.4) is 0 Å². The molecule has 6 nitrogen and oxygen atoms in total. The van der Waals surface area contributed by atoms with Gasteiger partial charge in [0.15, 0.2) is 0 Å². The number of carbonyl (C=O) groups is 1. The van der Waals surface area contributed by atoms with Gasteiger partial charge in [-0.05, 0) is 32.3 Å². The van der Waals surface area contributed by atoms with E-state index in [2.05, 4.69) is 34.2 Å². The molecule has 2 aromatic rings. The minimum atomic E-state index is 0.0367. The van der Waals surface area contributed by atoms with Crippen LogP contribution in [0.15, 0.2) is 11.2 Å².